The average molecular weight is 674 g/mol. The van der Waals surface area contributed by atoms with Crippen LogP contribution >= 0.6 is 0 Å². The van der Waals surface area contributed by atoms with Crippen LogP contribution in [0, 0.1) is 0 Å². The van der Waals surface area contributed by atoms with E-state index in [0.29, 0.717) is 0 Å². The average Bonchev–Trinajstić information content (AvgIpc) is 3.71. The topological polar surface area (TPSA) is 43.6 Å². The van der Waals surface area contributed by atoms with Crippen LogP contribution in [0.5, 0.6) is 0 Å². The first kappa shape index (κ1) is 16.8. The van der Waals surface area contributed by atoms with E-state index in [9.17, 15) is 5.48 Å². The second-order valence-corrected chi connectivity index (χ2v) is 14.9. The molecule has 0 N–H and O–H groups in total. The summed E-state index contributed by atoms with van der Waals surface area (Å²) in [6.07, 6.45) is 0. The van der Waals surface area contributed by atoms with Crippen molar-refractivity contribution in [3.8, 4) is 28.7 Å². The Morgan fingerprint density at radius 1 is 0.400 bits per heavy atom. The molecular formula is C45H32N4Si. The van der Waals surface area contributed by atoms with Gasteiger partial charge in [-0.25, -0.2) is 4.98 Å². The van der Waals surface area contributed by atoms with E-state index in [-0.39, 0.29) is 16.0 Å². The molecule has 0 aliphatic carbocycles. The Labute approximate surface area is 315 Å². The molecule has 0 fully saturated rings. The molecule has 4 nitrogen and oxygen atoms in total. The summed E-state index contributed by atoms with van der Waals surface area (Å²) in [6.45, 7) is 0. The molecule has 0 spiro atoms. The number of benzene rings is 7. The van der Waals surface area contributed by atoms with Gasteiger partial charge in [-0.1, -0.05) is 182 Å². The zero-order chi connectivity index (χ0) is 48.1. The summed E-state index contributed by atoms with van der Waals surface area (Å²) in [4.78, 5) is 13.6. The highest BCUT2D eigenvalue weighted by Gasteiger charge is 2.41. The maximum absolute atomic E-state index is 9.86. The van der Waals surface area contributed by atoms with Gasteiger partial charge in [0, 0.05) is 21.9 Å². The molecular weight excluding hydrogens is 625 g/mol. The molecule has 0 atom stereocenters. The third kappa shape index (κ3) is 4.95. The molecule has 0 unspecified atom stereocenters. The lowest BCUT2D eigenvalue weighted by Crippen LogP contribution is -2.74. The van der Waals surface area contributed by atoms with Crippen LogP contribution in [0.4, 0.5) is 0 Å². The van der Waals surface area contributed by atoms with E-state index in [1.54, 1.807) is 0 Å². The molecule has 50 heavy (non-hydrogen) atoms. The minimum absolute atomic E-state index is 0.0874. The molecule has 5 heteroatoms. The lowest BCUT2D eigenvalue weighted by atomic mass is 10.2. The molecule has 9 rings (SSSR count). The number of aromatic nitrogens is 4. The maximum Gasteiger partial charge on any atom is 0.238 e. The predicted molar refractivity (Wildman–Crippen MR) is 209 cm³/mol. The number of hydrogen-bond donors (Lipinski definition) is 0. The summed E-state index contributed by atoms with van der Waals surface area (Å²) in [5.74, 6) is -1.95. The first-order chi connectivity index (χ1) is 31.9. The highest BCUT2D eigenvalue weighted by Crippen LogP contribution is 2.32. The van der Waals surface area contributed by atoms with Crippen LogP contribution in [0.2, 0.25) is 0 Å². The number of hydrogen-bond acceptors (Lipinski definition) is 3. The lowest BCUT2D eigenvalue weighted by Gasteiger charge is -2.34. The summed E-state index contributed by atoms with van der Waals surface area (Å²) in [5.41, 5.74) is -1.94. The predicted octanol–water partition coefficient (Wildman–Crippen LogP) is 7.68. The fraction of sp³-hybridized carbons (Fsp3) is 0. The maximum atomic E-state index is 9.86. The van der Waals surface area contributed by atoms with Crippen LogP contribution in [-0.2, 0) is 0 Å². The van der Waals surface area contributed by atoms with Crippen LogP contribution in [0.15, 0.2) is 194 Å². The summed E-state index contributed by atoms with van der Waals surface area (Å²) in [5, 5.41) is 1.64. The summed E-state index contributed by atoms with van der Waals surface area (Å²) in [7, 11) is -3.76. The van der Waals surface area contributed by atoms with Crippen molar-refractivity contribution >= 4 is 50.6 Å². The molecule has 0 bridgehead atoms. The Balaban J connectivity index is 1.46. The number of fused-ring (bicyclic) bond motifs is 3. The summed E-state index contributed by atoms with van der Waals surface area (Å²) in [6, 6.07) is 16.0. The highest BCUT2D eigenvalue weighted by molar-refractivity contribution is 7.19. The van der Waals surface area contributed by atoms with E-state index in [4.69, 9.17) is 17.8 Å². The molecule has 2 heterocycles. The van der Waals surface area contributed by atoms with Crippen LogP contribution in [-0.4, -0.2) is 27.6 Å². The second-order valence-electron chi connectivity index (χ2n) is 11.2. The van der Waals surface area contributed by atoms with E-state index in [0.717, 1.165) is 20.1 Å². The first-order valence-corrected chi connectivity index (χ1v) is 17.5. The molecule has 9 aromatic rings. The van der Waals surface area contributed by atoms with Crippen molar-refractivity contribution in [2.45, 2.75) is 0 Å². The minimum Gasteiger partial charge on any atom is -0.278 e. The molecule has 0 saturated heterocycles. The first-order valence-electron chi connectivity index (χ1n) is 24.0. The lowest BCUT2D eigenvalue weighted by molar-refractivity contribution is 0.953. The van der Waals surface area contributed by atoms with Gasteiger partial charge >= 0.3 is 0 Å². The van der Waals surface area contributed by atoms with Crippen LogP contribution in [0.25, 0.3) is 50.5 Å². The van der Waals surface area contributed by atoms with E-state index < -0.39 is 151 Å². The van der Waals surface area contributed by atoms with Gasteiger partial charge in [-0.05, 0) is 32.8 Å². The Morgan fingerprint density at radius 2 is 0.820 bits per heavy atom. The molecule has 2 aromatic heterocycles. The number of para-hydroxylation sites is 2. The van der Waals surface area contributed by atoms with E-state index in [1.807, 2.05) is 91.0 Å². The molecule has 0 radical (unpaired) electrons. The van der Waals surface area contributed by atoms with E-state index >= 15 is 0 Å². The molecule has 0 amide bonds. The van der Waals surface area contributed by atoms with Gasteiger partial charge < -0.3 is 0 Å². The molecule has 236 valence electrons. The monoisotopic (exact) mass is 673 g/mol. The van der Waals surface area contributed by atoms with Crippen LogP contribution in [0.1, 0.15) is 23.3 Å². The van der Waals surface area contributed by atoms with Crippen molar-refractivity contribution in [3.05, 3.63) is 194 Å². The third-order valence-electron chi connectivity index (χ3n) is 8.42. The zero-order valence-electron chi connectivity index (χ0n) is 42.9. The standard InChI is InChI=1S/C45H32N4Si/c1-5-17-33(18-6-1)43-46-44(48-45(47-43)49-41-27-15-13-25-39(41)40-26-14-16-28-42(40)49)34-29-31-38(32-30-34)50(35-19-7-2-8-20-35,36-21-9-3-10-22-36)37-23-11-4-12-24-37/h1-32H/i1D,5D,6D,13D,14D,15D,16D,17D,18D,25D,26D,27D,28D,29D,30D,31D,32D. The van der Waals surface area contributed by atoms with E-state index in [1.165, 1.54) is 0 Å². The second kappa shape index (κ2) is 12.5. The fourth-order valence-electron chi connectivity index (χ4n) is 6.28. The number of nitrogens with zero attached hydrogens (tertiary/aromatic N) is 4. The third-order valence-corrected chi connectivity index (χ3v) is 13.0. The fourth-order valence-corrected chi connectivity index (χ4v) is 10.7. The van der Waals surface area contributed by atoms with Gasteiger partial charge in [-0.3, -0.25) is 4.57 Å². The molecule has 0 aliphatic heterocycles. The summed E-state index contributed by atoms with van der Waals surface area (Å²) >= 11 is 0. The molecule has 7 aromatic carbocycles. The zero-order valence-corrected chi connectivity index (χ0v) is 26.9. The van der Waals surface area contributed by atoms with Gasteiger partial charge in [0.2, 0.25) is 5.95 Å². The van der Waals surface area contributed by atoms with Gasteiger partial charge in [-0.2, -0.15) is 9.97 Å². The Morgan fingerprint density at radius 3 is 1.30 bits per heavy atom. The minimum atomic E-state index is -3.76. The van der Waals surface area contributed by atoms with Crippen molar-refractivity contribution in [2.75, 3.05) is 0 Å². The van der Waals surface area contributed by atoms with Gasteiger partial charge in [0.1, 0.15) is 0 Å². The van der Waals surface area contributed by atoms with Crippen molar-refractivity contribution in [3.63, 3.8) is 0 Å². The van der Waals surface area contributed by atoms with Gasteiger partial charge in [0.15, 0.2) is 19.7 Å². The van der Waals surface area contributed by atoms with Crippen LogP contribution in [0.3, 0.4) is 0 Å². The van der Waals surface area contributed by atoms with Gasteiger partial charge in [0.25, 0.3) is 0 Å². The summed E-state index contributed by atoms with van der Waals surface area (Å²) < 4.78 is 153. The van der Waals surface area contributed by atoms with Gasteiger partial charge in [-0.15, -0.1) is 0 Å². The largest absolute Gasteiger partial charge is 0.278 e. The molecule has 0 aliphatic rings. The van der Waals surface area contributed by atoms with Crippen molar-refractivity contribution in [1.82, 2.24) is 19.5 Å². The van der Waals surface area contributed by atoms with Crippen molar-refractivity contribution in [1.29, 1.82) is 0 Å². The van der Waals surface area contributed by atoms with Crippen LogP contribution < -0.4 is 20.7 Å². The number of rotatable bonds is 7. The Kier molecular flexibility index (Phi) is 4.21. The van der Waals surface area contributed by atoms with Crippen molar-refractivity contribution in [2.24, 2.45) is 0 Å². The Bertz CT molecular complexity index is 3320. The van der Waals surface area contributed by atoms with Crippen molar-refractivity contribution < 1.29 is 23.3 Å². The normalized spacial score (nSPS) is 16.4. The smallest absolute Gasteiger partial charge is 0.238 e. The molecule has 0 saturated carbocycles. The van der Waals surface area contributed by atoms with E-state index in [2.05, 4.69) is 15.0 Å². The van der Waals surface area contributed by atoms with Gasteiger partial charge in [0.05, 0.1) is 34.3 Å². The quantitative estimate of drug-likeness (QED) is 0.129. The Hall–Kier alpha value is -6.43. The SMILES string of the molecule is [2H]c1c([2H])c([2H])c(-c2nc(-c3c([2H])c([2H])c([Si](c4ccccc4)(c4ccccc4)c4ccccc4)c([2H])c3[2H])nc(-n3c4c([2H])c([2H])c([2H])c([2H])c4c4c([2H])c([2H])c([2H])c([2H])c43)n2)c([2H])c1[2H]. The highest BCUT2D eigenvalue weighted by atomic mass is 28.3.